The first-order valence-corrected chi connectivity index (χ1v) is 8.03. The molecule has 0 bridgehead atoms. The Bertz CT molecular complexity index is 598. The summed E-state index contributed by atoms with van der Waals surface area (Å²) in [5, 5.41) is 4.94. The van der Waals surface area contributed by atoms with Crippen molar-refractivity contribution in [3.8, 4) is 0 Å². The third-order valence-electron chi connectivity index (χ3n) is 2.91. The molecule has 1 N–H and O–H groups in total. The second-order valence-corrected chi connectivity index (χ2v) is 5.80. The molecule has 0 aliphatic rings. The molecule has 2 aromatic rings. The third kappa shape index (κ3) is 4.14. The van der Waals surface area contributed by atoms with E-state index in [2.05, 4.69) is 39.1 Å². The first kappa shape index (κ1) is 15.7. The van der Waals surface area contributed by atoms with E-state index in [-0.39, 0.29) is 0 Å². The van der Waals surface area contributed by atoms with Crippen LogP contribution in [0.5, 0.6) is 0 Å². The molecule has 0 aromatic carbocycles. The maximum atomic E-state index is 4.65. The molecular formula is C15H21N5S. The van der Waals surface area contributed by atoms with Crippen molar-refractivity contribution < 1.29 is 0 Å². The van der Waals surface area contributed by atoms with E-state index in [0.29, 0.717) is 5.16 Å². The molecule has 0 atom stereocenters. The van der Waals surface area contributed by atoms with Crippen molar-refractivity contribution >= 4 is 17.6 Å². The summed E-state index contributed by atoms with van der Waals surface area (Å²) in [6, 6.07) is 0. The first-order valence-electron chi connectivity index (χ1n) is 7.21. The van der Waals surface area contributed by atoms with E-state index in [1.54, 1.807) is 0 Å². The maximum absolute atomic E-state index is 4.65. The zero-order valence-electron chi connectivity index (χ0n) is 13.0. The predicted molar refractivity (Wildman–Crippen MR) is 85.8 cm³/mol. The molecule has 0 saturated heterocycles. The van der Waals surface area contributed by atoms with Gasteiger partial charge in [-0.1, -0.05) is 6.92 Å². The second kappa shape index (κ2) is 7.36. The molecule has 0 aliphatic heterocycles. The largest absolute Gasteiger partial charge is 0.370 e. The maximum Gasteiger partial charge on any atom is 0.193 e. The normalized spacial score (nSPS) is 10.7. The standard InChI is InChI=1S/C15H21N5S/c1-5-7-12-19-13(16-6-2)11(4)14(20-12)21-15-17-8-10(3)9-18-15/h8-9H,5-7H2,1-4H3,(H,16,19,20). The molecule has 0 aliphatic carbocycles. The number of rotatable bonds is 6. The lowest BCUT2D eigenvalue weighted by atomic mass is 10.3. The van der Waals surface area contributed by atoms with Gasteiger partial charge in [0.2, 0.25) is 0 Å². The van der Waals surface area contributed by atoms with Crippen LogP contribution in [-0.2, 0) is 6.42 Å². The number of anilines is 1. The minimum Gasteiger partial charge on any atom is -0.370 e. The highest BCUT2D eigenvalue weighted by atomic mass is 32.2. The molecule has 0 amide bonds. The van der Waals surface area contributed by atoms with Crippen molar-refractivity contribution in [2.24, 2.45) is 0 Å². The van der Waals surface area contributed by atoms with Gasteiger partial charge in [0.25, 0.3) is 0 Å². The highest BCUT2D eigenvalue weighted by molar-refractivity contribution is 7.99. The molecule has 0 spiro atoms. The van der Waals surface area contributed by atoms with Crippen molar-refractivity contribution in [2.75, 3.05) is 11.9 Å². The van der Waals surface area contributed by atoms with E-state index in [4.69, 9.17) is 0 Å². The lowest BCUT2D eigenvalue weighted by molar-refractivity contribution is 0.800. The van der Waals surface area contributed by atoms with Crippen molar-refractivity contribution in [1.29, 1.82) is 0 Å². The van der Waals surface area contributed by atoms with Gasteiger partial charge >= 0.3 is 0 Å². The SMILES string of the molecule is CCCc1nc(NCC)c(C)c(Sc2ncc(C)cn2)n1. The Morgan fingerprint density at radius 1 is 1.10 bits per heavy atom. The van der Waals surface area contributed by atoms with Gasteiger partial charge in [0.05, 0.1) is 0 Å². The van der Waals surface area contributed by atoms with Gasteiger partial charge in [-0.3, -0.25) is 0 Å². The van der Waals surface area contributed by atoms with Crippen LogP contribution in [0.1, 0.15) is 37.2 Å². The van der Waals surface area contributed by atoms with E-state index >= 15 is 0 Å². The number of nitrogens with one attached hydrogen (secondary N) is 1. The van der Waals surface area contributed by atoms with Crippen LogP contribution in [0.15, 0.2) is 22.6 Å². The van der Waals surface area contributed by atoms with Gasteiger partial charge in [0, 0.05) is 30.9 Å². The topological polar surface area (TPSA) is 63.6 Å². The Hall–Kier alpha value is -1.69. The van der Waals surface area contributed by atoms with E-state index < -0.39 is 0 Å². The van der Waals surface area contributed by atoms with Gasteiger partial charge in [-0.25, -0.2) is 19.9 Å². The smallest absolute Gasteiger partial charge is 0.193 e. The minimum absolute atomic E-state index is 0.715. The summed E-state index contributed by atoms with van der Waals surface area (Å²) in [4.78, 5) is 17.9. The molecule has 0 unspecified atom stereocenters. The zero-order valence-corrected chi connectivity index (χ0v) is 13.8. The van der Waals surface area contributed by atoms with E-state index in [9.17, 15) is 0 Å². The quantitative estimate of drug-likeness (QED) is 0.651. The second-order valence-electron chi connectivity index (χ2n) is 4.84. The number of aryl methyl sites for hydroxylation is 2. The fourth-order valence-electron chi connectivity index (χ4n) is 1.83. The van der Waals surface area contributed by atoms with Gasteiger partial charge in [-0.05, 0) is 44.5 Å². The molecule has 0 saturated carbocycles. The summed E-state index contributed by atoms with van der Waals surface area (Å²) in [5.41, 5.74) is 2.10. The van der Waals surface area contributed by atoms with Gasteiger partial charge in [-0.15, -0.1) is 0 Å². The highest BCUT2D eigenvalue weighted by Gasteiger charge is 2.12. The predicted octanol–water partition coefficient (Wildman–Crippen LogP) is 3.42. The fraction of sp³-hybridized carbons (Fsp3) is 0.467. The molecule has 112 valence electrons. The van der Waals surface area contributed by atoms with Crippen LogP contribution < -0.4 is 5.32 Å². The van der Waals surface area contributed by atoms with Crippen LogP contribution in [-0.4, -0.2) is 26.5 Å². The first-order chi connectivity index (χ1) is 10.1. The van der Waals surface area contributed by atoms with Crippen LogP contribution in [0.4, 0.5) is 5.82 Å². The monoisotopic (exact) mass is 303 g/mol. The Kier molecular flexibility index (Phi) is 5.50. The van der Waals surface area contributed by atoms with Crippen LogP contribution in [0, 0.1) is 13.8 Å². The van der Waals surface area contributed by atoms with Crippen molar-refractivity contribution in [2.45, 2.75) is 50.7 Å². The summed E-state index contributed by atoms with van der Waals surface area (Å²) in [5.74, 6) is 1.78. The Morgan fingerprint density at radius 3 is 2.43 bits per heavy atom. The van der Waals surface area contributed by atoms with Gasteiger partial charge in [0.15, 0.2) is 5.16 Å². The van der Waals surface area contributed by atoms with Gasteiger partial charge in [-0.2, -0.15) is 0 Å². The van der Waals surface area contributed by atoms with Crippen LogP contribution >= 0.6 is 11.8 Å². The average molecular weight is 303 g/mol. The molecule has 21 heavy (non-hydrogen) atoms. The van der Waals surface area contributed by atoms with Gasteiger partial charge in [0.1, 0.15) is 16.7 Å². The molecular weight excluding hydrogens is 282 g/mol. The third-order valence-corrected chi connectivity index (χ3v) is 3.89. The summed E-state index contributed by atoms with van der Waals surface area (Å²) >= 11 is 1.49. The minimum atomic E-state index is 0.715. The van der Waals surface area contributed by atoms with Crippen LogP contribution in [0.3, 0.4) is 0 Å². The molecule has 0 fully saturated rings. The lowest BCUT2D eigenvalue weighted by Gasteiger charge is -2.12. The summed E-state index contributed by atoms with van der Waals surface area (Å²) < 4.78 is 0. The number of nitrogens with zero attached hydrogens (tertiary/aromatic N) is 4. The molecule has 5 nitrogen and oxygen atoms in total. The van der Waals surface area contributed by atoms with Crippen LogP contribution in [0.2, 0.25) is 0 Å². The summed E-state index contributed by atoms with van der Waals surface area (Å²) in [6.07, 6.45) is 5.55. The van der Waals surface area contributed by atoms with E-state index in [1.807, 2.05) is 26.2 Å². The van der Waals surface area contributed by atoms with Crippen molar-refractivity contribution in [3.05, 3.63) is 29.3 Å². The number of aromatic nitrogens is 4. The Balaban J connectivity index is 2.33. The average Bonchev–Trinajstić information content (AvgIpc) is 2.47. The highest BCUT2D eigenvalue weighted by Crippen LogP contribution is 2.29. The molecule has 2 heterocycles. The number of hydrogen-bond acceptors (Lipinski definition) is 6. The molecule has 0 radical (unpaired) electrons. The van der Waals surface area contributed by atoms with E-state index in [0.717, 1.165) is 47.2 Å². The summed E-state index contributed by atoms with van der Waals surface area (Å²) in [6.45, 7) is 9.05. The van der Waals surface area contributed by atoms with Crippen molar-refractivity contribution in [3.63, 3.8) is 0 Å². The van der Waals surface area contributed by atoms with E-state index in [1.165, 1.54) is 11.8 Å². The zero-order chi connectivity index (χ0) is 15.2. The molecule has 2 aromatic heterocycles. The fourth-order valence-corrected chi connectivity index (χ4v) is 2.62. The number of hydrogen-bond donors (Lipinski definition) is 1. The Morgan fingerprint density at radius 2 is 1.81 bits per heavy atom. The van der Waals surface area contributed by atoms with Crippen molar-refractivity contribution in [1.82, 2.24) is 19.9 Å². The van der Waals surface area contributed by atoms with Crippen LogP contribution in [0.25, 0.3) is 0 Å². The lowest BCUT2D eigenvalue weighted by Crippen LogP contribution is -2.07. The molecule has 6 heteroatoms. The Labute approximate surface area is 130 Å². The summed E-state index contributed by atoms with van der Waals surface area (Å²) in [7, 11) is 0. The van der Waals surface area contributed by atoms with Gasteiger partial charge < -0.3 is 5.32 Å². The molecule has 2 rings (SSSR count).